The van der Waals surface area contributed by atoms with E-state index in [1.165, 1.54) is 6.20 Å². The van der Waals surface area contributed by atoms with Crippen LogP contribution < -0.4 is 5.32 Å². The summed E-state index contributed by atoms with van der Waals surface area (Å²) >= 11 is 6.11. The quantitative estimate of drug-likeness (QED) is 0.808. The number of anilines is 1. The number of halogens is 1. The average molecular weight is 299 g/mol. The minimum Gasteiger partial charge on any atom is -0.319 e. The average Bonchev–Trinajstić information content (AvgIpc) is 2.97. The van der Waals surface area contributed by atoms with Gasteiger partial charge in [-0.15, -0.1) is 0 Å². The molecule has 0 atom stereocenters. The van der Waals surface area contributed by atoms with Gasteiger partial charge < -0.3 is 5.32 Å². The van der Waals surface area contributed by atoms with Gasteiger partial charge in [-0.1, -0.05) is 23.7 Å². The molecular formula is C15H11ClN4O. The van der Waals surface area contributed by atoms with Crippen molar-refractivity contribution in [2.75, 3.05) is 5.32 Å². The normalized spacial score (nSPS) is 10.3. The lowest BCUT2D eigenvalue weighted by Crippen LogP contribution is -2.11. The van der Waals surface area contributed by atoms with Crippen molar-refractivity contribution in [1.29, 1.82) is 0 Å². The molecule has 0 aliphatic heterocycles. The molecule has 0 radical (unpaired) electrons. The number of hydrogen-bond acceptors (Lipinski definition) is 3. The van der Waals surface area contributed by atoms with Gasteiger partial charge in [0.15, 0.2) is 0 Å². The number of nitrogens with zero attached hydrogens (tertiary/aromatic N) is 3. The maximum absolute atomic E-state index is 12.0. The summed E-state index contributed by atoms with van der Waals surface area (Å²) in [5, 5.41) is 7.55. The van der Waals surface area contributed by atoms with Crippen molar-refractivity contribution in [3.05, 3.63) is 71.8 Å². The van der Waals surface area contributed by atoms with E-state index in [4.69, 9.17) is 11.6 Å². The molecule has 0 spiro atoms. The lowest BCUT2D eigenvalue weighted by molar-refractivity contribution is 0.102. The molecule has 0 bridgehead atoms. The molecule has 1 amide bonds. The molecular weight excluding hydrogens is 288 g/mol. The third kappa shape index (κ3) is 2.93. The molecule has 1 aromatic carbocycles. The third-order valence-corrected chi connectivity index (χ3v) is 3.18. The van der Waals surface area contributed by atoms with E-state index in [2.05, 4.69) is 15.4 Å². The molecule has 2 heterocycles. The van der Waals surface area contributed by atoms with E-state index in [0.717, 1.165) is 5.69 Å². The fourth-order valence-electron chi connectivity index (χ4n) is 1.86. The number of carbonyl (C=O) groups is 1. The van der Waals surface area contributed by atoms with Gasteiger partial charge in [-0.05, 0) is 24.3 Å². The third-order valence-electron chi connectivity index (χ3n) is 2.86. The first kappa shape index (κ1) is 13.3. The van der Waals surface area contributed by atoms with Crippen LogP contribution in [0.3, 0.4) is 0 Å². The van der Waals surface area contributed by atoms with E-state index in [1.807, 2.05) is 18.2 Å². The van der Waals surface area contributed by atoms with Crippen LogP contribution in [-0.4, -0.2) is 20.7 Å². The number of pyridine rings is 1. The monoisotopic (exact) mass is 298 g/mol. The first-order valence-electron chi connectivity index (χ1n) is 6.25. The second kappa shape index (κ2) is 5.76. The van der Waals surface area contributed by atoms with Crippen molar-refractivity contribution in [1.82, 2.24) is 14.8 Å². The zero-order valence-corrected chi connectivity index (χ0v) is 11.7. The standard InChI is InChI=1S/C15H11ClN4O/c16-13-5-1-2-6-14(13)20-10-12(9-18-20)19-15(21)11-4-3-7-17-8-11/h1-10H,(H,19,21). The van der Waals surface area contributed by atoms with Gasteiger partial charge in [-0.25, -0.2) is 4.68 Å². The van der Waals surface area contributed by atoms with Crippen molar-refractivity contribution in [3.8, 4) is 5.69 Å². The zero-order chi connectivity index (χ0) is 14.7. The number of para-hydroxylation sites is 1. The molecule has 6 heteroatoms. The predicted octanol–water partition coefficient (Wildman–Crippen LogP) is 3.17. The predicted molar refractivity (Wildman–Crippen MR) is 80.8 cm³/mol. The maximum atomic E-state index is 12.0. The number of rotatable bonds is 3. The molecule has 1 N–H and O–H groups in total. The molecule has 0 saturated heterocycles. The Bertz CT molecular complexity index is 770. The Balaban J connectivity index is 1.80. The van der Waals surface area contributed by atoms with Crippen molar-refractivity contribution in [3.63, 3.8) is 0 Å². The summed E-state index contributed by atoms with van der Waals surface area (Å²) in [6.07, 6.45) is 6.40. The molecule has 0 aliphatic carbocycles. The fraction of sp³-hybridized carbons (Fsp3) is 0. The Morgan fingerprint density at radius 1 is 1.14 bits per heavy atom. The lowest BCUT2D eigenvalue weighted by atomic mass is 10.2. The molecule has 104 valence electrons. The van der Waals surface area contributed by atoms with E-state index >= 15 is 0 Å². The molecule has 3 aromatic rings. The van der Waals surface area contributed by atoms with Crippen LogP contribution in [0, 0.1) is 0 Å². The van der Waals surface area contributed by atoms with Gasteiger partial charge in [0.25, 0.3) is 5.91 Å². The van der Waals surface area contributed by atoms with E-state index in [9.17, 15) is 4.79 Å². The second-order valence-corrected chi connectivity index (χ2v) is 4.73. The van der Waals surface area contributed by atoms with Crippen LogP contribution >= 0.6 is 11.6 Å². The number of benzene rings is 1. The summed E-state index contributed by atoms with van der Waals surface area (Å²) in [5.41, 5.74) is 1.83. The van der Waals surface area contributed by atoms with Gasteiger partial charge in [0.05, 0.1) is 34.4 Å². The highest BCUT2D eigenvalue weighted by molar-refractivity contribution is 6.32. The summed E-state index contributed by atoms with van der Waals surface area (Å²) in [7, 11) is 0. The highest BCUT2D eigenvalue weighted by Gasteiger charge is 2.09. The van der Waals surface area contributed by atoms with Crippen LogP contribution in [0.1, 0.15) is 10.4 Å². The highest BCUT2D eigenvalue weighted by Crippen LogP contribution is 2.20. The SMILES string of the molecule is O=C(Nc1cnn(-c2ccccc2Cl)c1)c1cccnc1. The van der Waals surface area contributed by atoms with Crippen LogP contribution in [0.4, 0.5) is 5.69 Å². The number of carbonyl (C=O) groups excluding carboxylic acids is 1. The number of hydrogen-bond donors (Lipinski definition) is 1. The minimum absolute atomic E-state index is 0.234. The Hall–Kier alpha value is -2.66. The Morgan fingerprint density at radius 3 is 2.76 bits per heavy atom. The first-order chi connectivity index (χ1) is 10.2. The topological polar surface area (TPSA) is 59.8 Å². The molecule has 0 aliphatic rings. The fourth-order valence-corrected chi connectivity index (χ4v) is 2.08. The zero-order valence-electron chi connectivity index (χ0n) is 10.9. The van der Waals surface area contributed by atoms with Crippen LogP contribution in [0.2, 0.25) is 5.02 Å². The van der Waals surface area contributed by atoms with Crippen molar-refractivity contribution >= 4 is 23.2 Å². The van der Waals surface area contributed by atoms with Gasteiger partial charge in [-0.2, -0.15) is 5.10 Å². The van der Waals surface area contributed by atoms with Gasteiger partial charge >= 0.3 is 0 Å². The summed E-state index contributed by atoms with van der Waals surface area (Å²) in [5.74, 6) is -0.234. The van der Waals surface area contributed by atoms with Crippen LogP contribution in [-0.2, 0) is 0 Å². The van der Waals surface area contributed by atoms with E-state index < -0.39 is 0 Å². The van der Waals surface area contributed by atoms with Crippen molar-refractivity contribution in [2.24, 2.45) is 0 Å². The van der Waals surface area contributed by atoms with Gasteiger partial charge in [0.1, 0.15) is 0 Å². The molecule has 5 nitrogen and oxygen atoms in total. The van der Waals surface area contributed by atoms with Gasteiger partial charge in [0.2, 0.25) is 0 Å². The summed E-state index contributed by atoms with van der Waals surface area (Å²) in [6.45, 7) is 0. The number of aromatic nitrogens is 3. The van der Waals surface area contributed by atoms with Gasteiger partial charge in [-0.3, -0.25) is 9.78 Å². The van der Waals surface area contributed by atoms with E-state index in [1.54, 1.807) is 41.5 Å². The van der Waals surface area contributed by atoms with E-state index in [0.29, 0.717) is 16.3 Å². The molecule has 0 saturated carbocycles. The summed E-state index contributed by atoms with van der Waals surface area (Å²) in [4.78, 5) is 15.9. The Labute approximate surface area is 126 Å². The Kier molecular flexibility index (Phi) is 3.66. The number of nitrogens with one attached hydrogen (secondary N) is 1. The molecule has 0 unspecified atom stereocenters. The second-order valence-electron chi connectivity index (χ2n) is 4.32. The van der Waals surface area contributed by atoms with Crippen LogP contribution in [0.25, 0.3) is 5.69 Å². The molecule has 21 heavy (non-hydrogen) atoms. The number of amides is 1. The Morgan fingerprint density at radius 2 is 2.00 bits per heavy atom. The highest BCUT2D eigenvalue weighted by atomic mass is 35.5. The van der Waals surface area contributed by atoms with Crippen molar-refractivity contribution < 1.29 is 4.79 Å². The molecule has 0 fully saturated rings. The minimum atomic E-state index is -0.234. The summed E-state index contributed by atoms with van der Waals surface area (Å²) in [6, 6.07) is 10.8. The molecule has 3 rings (SSSR count). The largest absolute Gasteiger partial charge is 0.319 e. The van der Waals surface area contributed by atoms with Gasteiger partial charge in [0, 0.05) is 12.4 Å². The first-order valence-corrected chi connectivity index (χ1v) is 6.63. The van der Waals surface area contributed by atoms with E-state index in [-0.39, 0.29) is 5.91 Å². The smallest absolute Gasteiger partial charge is 0.257 e. The van der Waals surface area contributed by atoms with Crippen LogP contribution in [0.5, 0.6) is 0 Å². The lowest BCUT2D eigenvalue weighted by Gasteiger charge is -2.03. The van der Waals surface area contributed by atoms with Crippen LogP contribution in [0.15, 0.2) is 61.2 Å². The van der Waals surface area contributed by atoms with Crippen molar-refractivity contribution in [2.45, 2.75) is 0 Å². The molecule has 2 aromatic heterocycles. The maximum Gasteiger partial charge on any atom is 0.257 e. The summed E-state index contributed by atoms with van der Waals surface area (Å²) < 4.78 is 1.61.